The highest BCUT2D eigenvalue weighted by Crippen LogP contribution is 2.39. The first kappa shape index (κ1) is 14.1. The Kier molecular flexibility index (Phi) is 5.22. The van der Waals surface area contributed by atoms with Crippen LogP contribution in [0, 0.1) is 0 Å². The monoisotopic (exact) mass is 243 g/mol. The van der Waals surface area contributed by atoms with E-state index in [9.17, 15) is 9.59 Å². The van der Waals surface area contributed by atoms with Crippen molar-refractivity contribution in [2.75, 3.05) is 0 Å². The number of nitrogens with zero attached hydrogens (tertiary/aromatic N) is 1. The maximum Gasteiger partial charge on any atom is 0.235 e. The topological polar surface area (TPSA) is 46.5 Å². The van der Waals surface area contributed by atoms with E-state index >= 15 is 0 Å². The maximum absolute atomic E-state index is 11.2. The van der Waals surface area contributed by atoms with E-state index in [1.807, 2.05) is 30.3 Å². The minimum Gasteiger partial charge on any atom is -0.300 e. The maximum atomic E-state index is 11.2. The zero-order valence-electron chi connectivity index (χ0n) is 10.4. The molecule has 0 atom stereocenters. The summed E-state index contributed by atoms with van der Waals surface area (Å²) in [6.45, 7) is 6.00. The summed E-state index contributed by atoms with van der Waals surface area (Å²) in [5.41, 5.74) is 0.488. The molecule has 2 rings (SSSR count). The fraction of sp³-hybridized carbons (Fsp3) is 0.333. The summed E-state index contributed by atoms with van der Waals surface area (Å²) < 4.78 is 0. The van der Waals surface area contributed by atoms with Gasteiger partial charge in [0.05, 0.1) is 5.54 Å². The molecule has 1 saturated carbocycles. The molecule has 0 spiro atoms. The first-order chi connectivity index (χ1) is 8.77. The zero-order valence-corrected chi connectivity index (χ0v) is 10.4. The second kappa shape index (κ2) is 6.67. The van der Waals surface area contributed by atoms with Crippen LogP contribution in [0.15, 0.2) is 48.5 Å². The second-order valence-electron chi connectivity index (χ2n) is 4.14. The molecule has 0 radical (unpaired) electrons. The number of hydrogen-bond acceptors (Lipinski definition) is 3. The van der Waals surface area contributed by atoms with Gasteiger partial charge in [-0.3, -0.25) is 4.79 Å². The van der Waals surface area contributed by atoms with Crippen LogP contribution in [0.25, 0.3) is 0 Å². The Labute approximate surface area is 107 Å². The van der Waals surface area contributed by atoms with Gasteiger partial charge in [-0.25, -0.2) is 4.79 Å². The number of hydrogen-bond donors (Lipinski definition) is 0. The molecule has 3 heteroatoms. The molecular weight excluding hydrogens is 226 g/mol. The molecule has 0 N–H and O–H groups in total. The van der Waals surface area contributed by atoms with Crippen molar-refractivity contribution < 1.29 is 9.59 Å². The normalized spacial score (nSPS) is 17.0. The van der Waals surface area contributed by atoms with Gasteiger partial charge in [0.25, 0.3) is 0 Å². The Morgan fingerprint density at radius 2 is 1.67 bits per heavy atom. The van der Waals surface area contributed by atoms with Crippen LogP contribution in [0.2, 0.25) is 0 Å². The van der Waals surface area contributed by atoms with Crippen LogP contribution in [0.1, 0.15) is 31.2 Å². The van der Waals surface area contributed by atoms with Gasteiger partial charge >= 0.3 is 0 Å². The summed E-state index contributed by atoms with van der Waals surface area (Å²) in [7, 11) is 0. The van der Waals surface area contributed by atoms with Crippen molar-refractivity contribution in [3.63, 3.8) is 0 Å². The van der Waals surface area contributed by atoms with Crippen LogP contribution < -0.4 is 0 Å². The Morgan fingerprint density at radius 3 is 2.17 bits per heavy atom. The molecule has 0 heterocycles. The molecule has 0 aliphatic heterocycles. The molecule has 1 aliphatic rings. The van der Waals surface area contributed by atoms with E-state index in [0.29, 0.717) is 25.7 Å². The highest BCUT2D eigenvalue weighted by Gasteiger charge is 2.36. The van der Waals surface area contributed by atoms with Crippen molar-refractivity contribution in [2.45, 2.75) is 31.2 Å². The standard InChI is InChI=1S/C13H13NO2.C2H4/c15-10-14-13(8-6-12(16)7-9-13)11-4-2-1-3-5-11;1-2/h1-5H,6-9H2;1-2H2. The summed E-state index contributed by atoms with van der Waals surface area (Å²) >= 11 is 0. The smallest absolute Gasteiger partial charge is 0.235 e. The van der Waals surface area contributed by atoms with Crippen LogP contribution in [0.4, 0.5) is 0 Å². The highest BCUT2D eigenvalue weighted by atomic mass is 16.1. The largest absolute Gasteiger partial charge is 0.300 e. The number of rotatable bonds is 2. The van der Waals surface area contributed by atoms with Gasteiger partial charge in [-0.1, -0.05) is 30.3 Å². The zero-order chi connectivity index (χ0) is 13.4. The van der Waals surface area contributed by atoms with Gasteiger partial charge < -0.3 is 0 Å². The molecule has 94 valence electrons. The van der Waals surface area contributed by atoms with Gasteiger partial charge in [0, 0.05) is 12.8 Å². The van der Waals surface area contributed by atoms with E-state index in [1.165, 1.54) is 0 Å². The van der Waals surface area contributed by atoms with Gasteiger partial charge in [0.2, 0.25) is 6.08 Å². The van der Waals surface area contributed by atoms with Crippen LogP contribution in [-0.4, -0.2) is 11.9 Å². The SMILES string of the molecule is C=C.O=C=NC1(c2ccccc2)CCC(=O)CC1. The first-order valence-electron chi connectivity index (χ1n) is 5.93. The quantitative estimate of drug-likeness (QED) is 0.455. The lowest BCUT2D eigenvalue weighted by Crippen LogP contribution is -2.29. The summed E-state index contributed by atoms with van der Waals surface area (Å²) in [5, 5.41) is 0. The second-order valence-corrected chi connectivity index (χ2v) is 4.14. The molecule has 1 aliphatic carbocycles. The van der Waals surface area contributed by atoms with Crippen LogP contribution in [0.5, 0.6) is 0 Å². The molecule has 1 aromatic rings. The van der Waals surface area contributed by atoms with Crippen molar-refractivity contribution in [3.8, 4) is 0 Å². The Balaban J connectivity index is 0.000000771. The summed E-state index contributed by atoms with van der Waals surface area (Å²) in [6.07, 6.45) is 3.89. The molecule has 18 heavy (non-hydrogen) atoms. The third kappa shape index (κ3) is 3.02. The summed E-state index contributed by atoms with van der Waals surface area (Å²) in [4.78, 5) is 25.8. The fourth-order valence-corrected chi connectivity index (χ4v) is 2.24. The van der Waals surface area contributed by atoms with E-state index in [-0.39, 0.29) is 5.78 Å². The Morgan fingerprint density at radius 1 is 1.11 bits per heavy atom. The van der Waals surface area contributed by atoms with E-state index in [2.05, 4.69) is 18.2 Å². The molecule has 0 unspecified atom stereocenters. The van der Waals surface area contributed by atoms with E-state index in [4.69, 9.17) is 0 Å². The number of aliphatic imine (C=N–C) groups is 1. The van der Waals surface area contributed by atoms with Crippen LogP contribution in [-0.2, 0) is 15.1 Å². The lowest BCUT2D eigenvalue weighted by atomic mass is 9.77. The lowest BCUT2D eigenvalue weighted by molar-refractivity contribution is -0.121. The number of ketones is 1. The first-order valence-corrected chi connectivity index (χ1v) is 5.93. The predicted molar refractivity (Wildman–Crippen MR) is 71.0 cm³/mol. The van der Waals surface area contributed by atoms with E-state index in [1.54, 1.807) is 6.08 Å². The van der Waals surface area contributed by atoms with Gasteiger partial charge in [0.15, 0.2) is 0 Å². The van der Waals surface area contributed by atoms with Gasteiger partial charge in [-0.05, 0) is 18.4 Å². The fourth-order valence-electron chi connectivity index (χ4n) is 2.24. The highest BCUT2D eigenvalue weighted by molar-refractivity contribution is 5.79. The average Bonchev–Trinajstić information content (AvgIpc) is 2.45. The molecule has 0 aromatic heterocycles. The number of carbonyl (C=O) groups is 1. The molecular formula is C15H17NO2. The van der Waals surface area contributed by atoms with Crippen molar-refractivity contribution in [1.29, 1.82) is 0 Å². The Hall–Kier alpha value is -1.99. The van der Waals surface area contributed by atoms with Gasteiger partial charge in [-0.15, -0.1) is 13.2 Å². The third-order valence-corrected chi connectivity index (χ3v) is 3.21. The lowest BCUT2D eigenvalue weighted by Gasteiger charge is -2.31. The van der Waals surface area contributed by atoms with Crippen LogP contribution in [0.3, 0.4) is 0 Å². The Bertz CT molecular complexity index is 437. The number of benzene rings is 1. The van der Waals surface area contributed by atoms with Crippen LogP contribution >= 0.6 is 0 Å². The molecule has 1 aromatic carbocycles. The minimum atomic E-state index is -0.517. The summed E-state index contributed by atoms with van der Waals surface area (Å²) in [5.74, 6) is 0.257. The van der Waals surface area contributed by atoms with Crippen molar-refractivity contribution in [1.82, 2.24) is 0 Å². The third-order valence-electron chi connectivity index (χ3n) is 3.21. The van der Waals surface area contributed by atoms with Gasteiger partial charge in [0.1, 0.15) is 5.78 Å². The molecule has 3 nitrogen and oxygen atoms in total. The molecule has 0 bridgehead atoms. The minimum absolute atomic E-state index is 0.257. The van der Waals surface area contributed by atoms with Crippen molar-refractivity contribution >= 4 is 11.9 Å². The molecule has 0 saturated heterocycles. The number of isocyanates is 1. The predicted octanol–water partition coefficient (Wildman–Crippen LogP) is 3.16. The van der Waals surface area contributed by atoms with E-state index < -0.39 is 5.54 Å². The molecule has 0 amide bonds. The average molecular weight is 243 g/mol. The van der Waals surface area contributed by atoms with E-state index in [0.717, 1.165) is 5.56 Å². The van der Waals surface area contributed by atoms with Crippen molar-refractivity contribution in [3.05, 3.63) is 49.1 Å². The molecule has 1 fully saturated rings. The van der Waals surface area contributed by atoms with Crippen molar-refractivity contribution in [2.24, 2.45) is 4.99 Å². The number of carbonyl (C=O) groups excluding carboxylic acids is 2. The van der Waals surface area contributed by atoms with Gasteiger partial charge in [-0.2, -0.15) is 4.99 Å². The summed E-state index contributed by atoms with van der Waals surface area (Å²) in [6, 6.07) is 9.69. The number of Topliss-reactive ketones (excluding diaryl/α,β-unsaturated/α-hetero) is 1.